The number of rotatable bonds is 6. The van der Waals surface area contributed by atoms with Gasteiger partial charge >= 0.3 is 5.97 Å². The molecule has 2 amide bonds. The summed E-state index contributed by atoms with van der Waals surface area (Å²) in [5.74, 6) is 0.474. The molecule has 36 heavy (non-hydrogen) atoms. The van der Waals surface area contributed by atoms with Crippen molar-refractivity contribution in [3.8, 4) is 11.5 Å². The normalized spacial score (nSPS) is 19.5. The lowest BCUT2D eigenvalue weighted by Gasteiger charge is -2.38. The van der Waals surface area contributed by atoms with Crippen molar-refractivity contribution in [2.24, 2.45) is 4.99 Å². The molecule has 4 rings (SSSR count). The molecule has 192 valence electrons. The topological polar surface area (TPSA) is 101 Å². The van der Waals surface area contributed by atoms with Crippen LogP contribution in [0.25, 0.3) is 0 Å². The van der Waals surface area contributed by atoms with Gasteiger partial charge in [-0.05, 0) is 18.4 Å². The van der Waals surface area contributed by atoms with Crippen LogP contribution >= 0.6 is 11.8 Å². The molecule has 1 aromatic rings. The van der Waals surface area contributed by atoms with Crippen molar-refractivity contribution in [1.82, 2.24) is 14.7 Å². The van der Waals surface area contributed by atoms with Crippen molar-refractivity contribution < 1.29 is 28.6 Å². The fraction of sp³-hybridized carbons (Fsp3) is 0.440. The van der Waals surface area contributed by atoms with E-state index in [0.717, 1.165) is 5.70 Å². The Morgan fingerprint density at radius 1 is 1.06 bits per heavy atom. The number of ether oxygens (including phenoxy) is 3. The minimum absolute atomic E-state index is 0.0127. The summed E-state index contributed by atoms with van der Waals surface area (Å²) in [6.07, 6.45) is 0.127. The lowest BCUT2D eigenvalue weighted by atomic mass is 9.92. The molecule has 3 aliphatic heterocycles. The summed E-state index contributed by atoms with van der Waals surface area (Å²) in [6.45, 7) is 5.32. The number of hydrogen-bond donors (Lipinski definition) is 0. The zero-order valence-corrected chi connectivity index (χ0v) is 21.9. The standard InChI is InChI=1S/C25H30N4O6S/c1-15-21(24(32)35-5)22(18-7-6-8-19(33-3)23(18)34-4)29-17(14-36-25(29)26-15)13-20(31)28-11-9-27(10-12-28)16(2)30/h6-8,14,22H,9-13H2,1-5H3. The number of piperazine rings is 1. The summed E-state index contributed by atoms with van der Waals surface area (Å²) in [5.41, 5.74) is 2.32. The van der Waals surface area contributed by atoms with E-state index < -0.39 is 12.0 Å². The largest absolute Gasteiger partial charge is 0.493 e. The Bertz CT molecular complexity index is 1170. The third-order valence-corrected chi connectivity index (χ3v) is 7.43. The lowest BCUT2D eigenvalue weighted by Crippen LogP contribution is -2.50. The summed E-state index contributed by atoms with van der Waals surface area (Å²) in [7, 11) is 4.44. The molecule has 3 aliphatic rings. The van der Waals surface area contributed by atoms with E-state index >= 15 is 0 Å². The Kier molecular flexibility index (Phi) is 7.58. The van der Waals surface area contributed by atoms with E-state index in [-0.39, 0.29) is 18.2 Å². The number of nitrogens with zero attached hydrogens (tertiary/aromatic N) is 4. The molecule has 0 N–H and O–H groups in total. The number of allylic oxidation sites excluding steroid dienone is 1. The number of carbonyl (C=O) groups excluding carboxylic acids is 3. The number of amides is 2. The zero-order chi connectivity index (χ0) is 26.0. The Morgan fingerprint density at radius 2 is 1.75 bits per heavy atom. The zero-order valence-electron chi connectivity index (χ0n) is 21.1. The second-order valence-electron chi connectivity index (χ2n) is 8.53. The maximum Gasteiger partial charge on any atom is 0.338 e. The Balaban J connectivity index is 1.68. The Hall–Kier alpha value is -3.47. The molecule has 0 radical (unpaired) electrons. The van der Waals surface area contributed by atoms with Crippen molar-refractivity contribution >= 4 is 34.7 Å². The van der Waals surface area contributed by atoms with Gasteiger partial charge in [0.05, 0.1) is 45.1 Å². The van der Waals surface area contributed by atoms with Crippen molar-refractivity contribution in [2.75, 3.05) is 47.5 Å². The highest BCUT2D eigenvalue weighted by atomic mass is 32.2. The summed E-state index contributed by atoms with van der Waals surface area (Å²) < 4.78 is 16.3. The number of hydrogen-bond acceptors (Lipinski definition) is 9. The first-order chi connectivity index (χ1) is 17.3. The van der Waals surface area contributed by atoms with Crippen LogP contribution in [-0.2, 0) is 19.1 Å². The van der Waals surface area contributed by atoms with Crippen molar-refractivity contribution in [2.45, 2.75) is 26.3 Å². The van der Waals surface area contributed by atoms with Gasteiger partial charge in [-0.2, -0.15) is 0 Å². The van der Waals surface area contributed by atoms with Gasteiger partial charge in [0.25, 0.3) is 0 Å². The van der Waals surface area contributed by atoms with Crippen LogP contribution in [-0.4, -0.2) is 85.2 Å². The third kappa shape index (κ3) is 4.67. The van der Waals surface area contributed by atoms with Crippen molar-refractivity contribution in [1.29, 1.82) is 0 Å². The van der Waals surface area contributed by atoms with Crippen LogP contribution in [0.3, 0.4) is 0 Å². The van der Waals surface area contributed by atoms with Gasteiger partial charge in [-0.1, -0.05) is 23.9 Å². The molecule has 1 atom stereocenters. The van der Waals surface area contributed by atoms with Crippen LogP contribution in [0.5, 0.6) is 11.5 Å². The van der Waals surface area contributed by atoms with Gasteiger partial charge < -0.3 is 28.9 Å². The fourth-order valence-corrected chi connectivity index (χ4v) is 5.66. The van der Waals surface area contributed by atoms with Crippen LogP contribution in [0.4, 0.5) is 0 Å². The van der Waals surface area contributed by atoms with Crippen LogP contribution in [0.15, 0.2) is 45.6 Å². The minimum atomic E-state index is -0.626. The second-order valence-corrected chi connectivity index (χ2v) is 9.37. The predicted octanol–water partition coefficient (Wildman–Crippen LogP) is 2.53. The van der Waals surface area contributed by atoms with Gasteiger partial charge in [0.15, 0.2) is 16.7 Å². The number of fused-ring (bicyclic) bond motifs is 1. The van der Waals surface area contributed by atoms with E-state index in [9.17, 15) is 14.4 Å². The molecule has 0 aromatic heterocycles. The highest BCUT2D eigenvalue weighted by Gasteiger charge is 2.43. The Labute approximate surface area is 214 Å². The van der Waals surface area contributed by atoms with Gasteiger partial charge in [0, 0.05) is 44.4 Å². The SMILES string of the molecule is COC(=O)C1=C(C)N=C2SC=C(CC(=O)N3CCN(C(C)=O)CC3)N2C1c1cccc(OC)c1OC. The lowest BCUT2D eigenvalue weighted by molar-refractivity contribution is -0.138. The summed E-state index contributed by atoms with van der Waals surface area (Å²) in [6, 6.07) is 4.86. The predicted molar refractivity (Wildman–Crippen MR) is 135 cm³/mol. The highest BCUT2D eigenvalue weighted by molar-refractivity contribution is 8.16. The average Bonchev–Trinajstić information content (AvgIpc) is 3.28. The number of methoxy groups -OCH3 is 3. The van der Waals surface area contributed by atoms with E-state index in [0.29, 0.717) is 59.7 Å². The van der Waals surface area contributed by atoms with Crippen LogP contribution in [0, 0.1) is 0 Å². The molecule has 1 saturated heterocycles. The van der Waals surface area contributed by atoms with Gasteiger partial charge in [-0.3, -0.25) is 9.59 Å². The monoisotopic (exact) mass is 514 g/mol. The molecule has 10 nitrogen and oxygen atoms in total. The number of aliphatic imine (C=N–C) groups is 1. The number of para-hydroxylation sites is 1. The average molecular weight is 515 g/mol. The third-order valence-electron chi connectivity index (χ3n) is 6.54. The summed E-state index contributed by atoms with van der Waals surface area (Å²) in [4.78, 5) is 48.0. The maximum absolute atomic E-state index is 13.3. The highest BCUT2D eigenvalue weighted by Crippen LogP contribution is 2.48. The molecule has 3 heterocycles. The van der Waals surface area contributed by atoms with Gasteiger partial charge in [0.2, 0.25) is 11.8 Å². The number of thioether (sulfide) groups is 1. The molecule has 1 unspecified atom stereocenters. The summed E-state index contributed by atoms with van der Waals surface area (Å²) >= 11 is 1.41. The number of benzene rings is 1. The number of esters is 1. The van der Waals surface area contributed by atoms with E-state index in [1.165, 1.54) is 25.8 Å². The molecule has 0 saturated carbocycles. The molecule has 1 fully saturated rings. The van der Waals surface area contributed by atoms with E-state index in [1.54, 1.807) is 37.0 Å². The molecular formula is C25H30N4O6S. The van der Waals surface area contributed by atoms with Crippen molar-refractivity contribution in [3.63, 3.8) is 0 Å². The first-order valence-corrected chi connectivity index (χ1v) is 12.5. The van der Waals surface area contributed by atoms with E-state index in [4.69, 9.17) is 14.2 Å². The molecule has 0 aliphatic carbocycles. The van der Waals surface area contributed by atoms with E-state index in [1.807, 2.05) is 22.4 Å². The van der Waals surface area contributed by atoms with Crippen LogP contribution < -0.4 is 9.47 Å². The molecule has 0 bridgehead atoms. The first kappa shape index (κ1) is 25.6. The van der Waals surface area contributed by atoms with Gasteiger partial charge in [-0.25, -0.2) is 9.79 Å². The fourth-order valence-electron chi connectivity index (χ4n) is 4.70. The maximum atomic E-state index is 13.3. The van der Waals surface area contributed by atoms with Crippen LogP contribution in [0.1, 0.15) is 31.9 Å². The molecule has 11 heteroatoms. The van der Waals surface area contributed by atoms with Crippen LogP contribution in [0.2, 0.25) is 0 Å². The first-order valence-electron chi connectivity index (χ1n) is 11.6. The van der Waals surface area contributed by atoms with Gasteiger partial charge in [0.1, 0.15) is 0 Å². The molecular weight excluding hydrogens is 484 g/mol. The van der Waals surface area contributed by atoms with Crippen molar-refractivity contribution in [3.05, 3.63) is 46.1 Å². The number of carbonyl (C=O) groups is 3. The van der Waals surface area contributed by atoms with E-state index in [2.05, 4.69) is 4.99 Å². The minimum Gasteiger partial charge on any atom is -0.493 e. The molecule has 0 spiro atoms. The quantitative estimate of drug-likeness (QED) is 0.534. The Morgan fingerprint density at radius 3 is 2.36 bits per heavy atom. The second kappa shape index (κ2) is 10.7. The smallest absolute Gasteiger partial charge is 0.338 e. The summed E-state index contributed by atoms with van der Waals surface area (Å²) in [5, 5.41) is 2.56. The molecule has 1 aromatic carbocycles. The van der Waals surface area contributed by atoms with Gasteiger partial charge in [-0.15, -0.1) is 0 Å². The number of amidine groups is 1.